The van der Waals surface area contributed by atoms with Gasteiger partial charge in [0.15, 0.2) is 6.10 Å². The Kier molecular flexibility index (Phi) is 4.66. The minimum absolute atomic E-state index is 0.174. The van der Waals surface area contributed by atoms with Gasteiger partial charge in [0.2, 0.25) is 0 Å². The molecule has 2 aromatic rings. The van der Waals surface area contributed by atoms with Crippen LogP contribution in [0.4, 0.5) is 5.69 Å². The van der Waals surface area contributed by atoms with Crippen LogP contribution >= 0.6 is 0 Å². The van der Waals surface area contributed by atoms with Crippen LogP contribution in [0.25, 0.3) is 0 Å². The summed E-state index contributed by atoms with van der Waals surface area (Å²) in [4.78, 5) is 27.7. The molecule has 1 amide bonds. The Morgan fingerprint density at radius 1 is 1.19 bits per heavy atom. The Morgan fingerprint density at radius 3 is 2.67 bits per heavy atom. The van der Waals surface area contributed by atoms with Gasteiger partial charge in [-0.1, -0.05) is 18.2 Å². The molecule has 21 heavy (non-hydrogen) atoms. The number of rotatable bonds is 4. The van der Waals surface area contributed by atoms with E-state index in [1.807, 2.05) is 25.1 Å². The van der Waals surface area contributed by atoms with Crippen molar-refractivity contribution >= 4 is 17.6 Å². The van der Waals surface area contributed by atoms with E-state index in [2.05, 4.69) is 10.3 Å². The third kappa shape index (κ3) is 4.14. The van der Waals surface area contributed by atoms with Gasteiger partial charge >= 0.3 is 5.97 Å². The predicted molar refractivity (Wildman–Crippen MR) is 78.9 cm³/mol. The molecule has 0 aliphatic carbocycles. The molecule has 0 spiro atoms. The molecule has 0 fully saturated rings. The fourth-order valence-electron chi connectivity index (χ4n) is 1.72. The topological polar surface area (TPSA) is 68.3 Å². The standard InChI is InChI=1S/C16H16N2O3/c1-11-6-5-7-13(10-11)18-15(19)12(2)21-16(20)14-8-3-4-9-17-14/h3-10,12H,1-2H3,(H,18,19)/t12-/m1/s1. The molecule has 2 rings (SSSR count). The summed E-state index contributed by atoms with van der Waals surface area (Å²) in [5.41, 5.74) is 1.87. The number of nitrogens with one attached hydrogen (secondary N) is 1. The fourth-order valence-corrected chi connectivity index (χ4v) is 1.72. The predicted octanol–water partition coefficient (Wildman–Crippen LogP) is 2.57. The first-order valence-corrected chi connectivity index (χ1v) is 6.56. The van der Waals surface area contributed by atoms with E-state index in [1.54, 1.807) is 18.2 Å². The molecule has 1 atom stereocenters. The lowest BCUT2D eigenvalue weighted by Crippen LogP contribution is -2.30. The molecule has 0 radical (unpaired) electrons. The summed E-state index contributed by atoms with van der Waals surface area (Å²) < 4.78 is 5.09. The number of hydrogen-bond acceptors (Lipinski definition) is 4. The number of carbonyl (C=O) groups is 2. The van der Waals surface area contributed by atoms with Crippen molar-refractivity contribution in [2.75, 3.05) is 5.32 Å². The normalized spacial score (nSPS) is 11.5. The van der Waals surface area contributed by atoms with E-state index >= 15 is 0 Å². The van der Waals surface area contributed by atoms with Crippen LogP contribution in [0.1, 0.15) is 23.0 Å². The smallest absolute Gasteiger partial charge is 0.357 e. The SMILES string of the molecule is Cc1cccc(NC(=O)[C@@H](C)OC(=O)c2ccccn2)c1. The van der Waals surface area contributed by atoms with E-state index < -0.39 is 12.1 Å². The van der Waals surface area contributed by atoms with Crippen molar-refractivity contribution in [3.63, 3.8) is 0 Å². The Hall–Kier alpha value is -2.69. The summed E-state index contributed by atoms with van der Waals surface area (Å²) in [6, 6.07) is 12.3. The summed E-state index contributed by atoms with van der Waals surface area (Å²) in [5, 5.41) is 2.70. The number of hydrogen-bond donors (Lipinski definition) is 1. The highest BCUT2D eigenvalue weighted by atomic mass is 16.5. The molecule has 0 unspecified atom stereocenters. The van der Waals surface area contributed by atoms with Gasteiger partial charge in [-0.2, -0.15) is 0 Å². The maximum absolute atomic E-state index is 12.0. The highest BCUT2D eigenvalue weighted by Gasteiger charge is 2.19. The van der Waals surface area contributed by atoms with Crippen LogP contribution in [0, 0.1) is 6.92 Å². The molecule has 0 aliphatic heterocycles. The third-order valence-electron chi connectivity index (χ3n) is 2.81. The second kappa shape index (κ2) is 6.65. The summed E-state index contributed by atoms with van der Waals surface area (Å²) in [5.74, 6) is -1.01. The quantitative estimate of drug-likeness (QED) is 0.876. The van der Waals surface area contributed by atoms with Gasteiger partial charge in [-0.05, 0) is 43.7 Å². The van der Waals surface area contributed by atoms with E-state index in [1.165, 1.54) is 19.2 Å². The molecular weight excluding hydrogens is 268 g/mol. The molecule has 5 nitrogen and oxygen atoms in total. The van der Waals surface area contributed by atoms with E-state index in [9.17, 15) is 9.59 Å². The molecule has 0 saturated heterocycles. The average molecular weight is 284 g/mol. The number of aryl methyl sites for hydroxylation is 1. The van der Waals surface area contributed by atoms with Gasteiger partial charge in [0.1, 0.15) is 5.69 Å². The molecule has 1 aromatic heterocycles. The molecule has 5 heteroatoms. The number of amides is 1. The van der Waals surface area contributed by atoms with Crippen molar-refractivity contribution in [2.45, 2.75) is 20.0 Å². The lowest BCUT2D eigenvalue weighted by atomic mass is 10.2. The number of carbonyl (C=O) groups excluding carboxylic acids is 2. The van der Waals surface area contributed by atoms with Crippen LogP contribution in [0.15, 0.2) is 48.7 Å². The number of pyridine rings is 1. The second-order valence-corrected chi connectivity index (χ2v) is 4.62. The third-order valence-corrected chi connectivity index (χ3v) is 2.81. The second-order valence-electron chi connectivity index (χ2n) is 4.62. The lowest BCUT2D eigenvalue weighted by Gasteiger charge is -2.13. The van der Waals surface area contributed by atoms with Crippen LogP contribution in [0.5, 0.6) is 0 Å². The van der Waals surface area contributed by atoms with Gasteiger partial charge in [-0.3, -0.25) is 4.79 Å². The molecule has 0 bridgehead atoms. The van der Waals surface area contributed by atoms with Crippen molar-refractivity contribution in [3.05, 3.63) is 59.9 Å². The van der Waals surface area contributed by atoms with Gasteiger partial charge in [0.25, 0.3) is 5.91 Å². The first-order chi connectivity index (χ1) is 10.1. The molecule has 1 aromatic carbocycles. The highest BCUT2D eigenvalue weighted by Crippen LogP contribution is 2.11. The Labute approximate surface area is 123 Å². The van der Waals surface area contributed by atoms with Crippen molar-refractivity contribution in [2.24, 2.45) is 0 Å². The summed E-state index contributed by atoms with van der Waals surface area (Å²) in [7, 11) is 0. The van der Waals surface area contributed by atoms with E-state index in [4.69, 9.17) is 4.74 Å². The minimum atomic E-state index is -0.903. The van der Waals surface area contributed by atoms with Crippen LogP contribution in [0.3, 0.4) is 0 Å². The number of aromatic nitrogens is 1. The monoisotopic (exact) mass is 284 g/mol. The van der Waals surface area contributed by atoms with Crippen LogP contribution in [-0.2, 0) is 9.53 Å². The van der Waals surface area contributed by atoms with E-state index in [0.29, 0.717) is 5.69 Å². The maximum atomic E-state index is 12.0. The highest BCUT2D eigenvalue weighted by molar-refractivity contribution is 5.96. The molecule has 0 saturated carbocycles. The lowest BCUT2D eigenvalue weighted by molar-refractivity contribution is -0.123. The zero-order valence-electron chi connectivity index (χ0n) is 11.9. The number of nitrogens with zero attached hydrogens (tertiary/aromatic N) is 1. The first kappa shape index (κ1) is 14.7. The fraction of sp³-hybridized carbons (Fsp3) is 0.188. The summed E-state index contributed by atoms with van der Waals surface area (Å²) in [6.07, 6.45) is 0.591. The summed E-state index contributed by atoms with van der Waals surface area (Å²) >= 11 is 0. The van der Waals surface area contributed by atoms with Crippen molar-refractivity contribution in [1.29, 1.82) is 0 Å². The summed E-state index contributed by atoms with van der Waals surface area (Å²) in [6.45, 7) is 3.45. The minimum Gasteiger partial charge on any atom is -0.448 e. The first-order valence-electron chi connectivity index (χ1n) is 6.56. The van der Waals surface area contributed by atoms with Crippen molar-refractivity contribution < 1.29 is 14.3 Å². The number of ether oxygens (including phenoxy) is 1. The van der Waals surface area contributed by atoms with Crippen LogP contribution in [0.2, 0.25) is 0 Å². The number of esters is 1. The number of anilines is 1. The van der Waals surface area contributed by atoms with E-state index in [0.717, 1.165) is 5.56 Å². The zero-order chi connectivity index (χ0) is 15.2. The van der Waals surface area contributed by atoms with Crippen LogP contribution in [-0.4, -0.2) is 23.0 Å². The van der Waals surface area contributed by atoms with Gasteiger partial charge < -0.3 is 10.1 Å². The van der Waals surface area contributed by atoms with E-state index in [-0.39, 0.29) is 11.6 Å². The van der Waals surface area contributed by atoms with Gasteiger partial charge in [-0.15, -0.1) is 0 Å². The maximum Gasteiger partial charge on any atom is 0.357 e. The largest absolute Gasteiger partial charge is 0.448 e. The molecule has 0 aliphatic rings. The van der Waals surface area contributed by atoms with Crippen molar-refractivity contribution in [3.8, 4) is 0 Å². The molecular formula is C16H16N2O3. The Balaban J connectivity index is 1.95. The van der Waals surface area contributed by atoms with Crippen LogP contribution < -0.4 is 5.32 Å². The van der Waals surface area contributed by atoms with Gasteiger partial charge in [0, 0.05) is 11.9 Å². The Bertz CT molecular complexity index is 641. The molecule has 1 N–H and O–H groups in total. The number of benzene rings is 1. The molecule has 1 heterocycles. The average Bonchev–Trinajstić information content (AvgIpc) is 2.48. The van der Waals surface area contributed by atoms with Crippen molar-refractivity contribution in [1.82, 2.24) is 4.98 Å². The van der Waals surface area contributed by atoms with Gasteiger partial charge in [0.05, 0.1) is 0 Å². The Morgan fingerprint density at radius 2 is 2.00 bits per heavy atom. The zero-order valence-corrected chi connectivity index (χ0v) is 11.9. The van der Waals surface area contributed by atoms with Gasteiger partial charge in [-0.25, -0.2) is 9.78 Å². The molecule has 108 valence electrons.